The maximum atomic E-state index is 12.1. The van der Waals surface area contributed by atoms with E-state index in [0.29, 0.717) is 12.2 Å². The first-order valence-electron chi connectivity index (χ1n) is 8.29. The minimum atomic E-state index is 0.0169. The number of hydrogen-bond acceptors (Lipinski definition) is 5. The topological polar surface area (TPSA) is 60.5 Å². The van der Waals surface area contributed by atoms with Crippen molar-refractivity contribution in [3.05, 3.63) is 30.0 Å². The zero-order valence-corrected chi connectivity index (χ0v) is 13.7. The molecule has 1 fully saturated rings. The molecule has 0 radical (unpaired) electrons. The van der Waals surface area contributed by atoms with Crippen LogP contribution in [0.15, 0.2) is 30.0 Å². The highest BCUT2D eigenvalue weighted by molar-refractivity contribution is 5.91. The van der Waals surface area contributed by atoms with E-state index in [1.807, 2.05) is 18.3 Å². The third kappa shape index (κ3) is 4.53. The standard InChI is InChI=1S/C17H25N5O/c1-21-8-4-14(5-9-21)12-17(23)20-16-3-2-15(13-19-16)22-10-6-18-7-11-22/h2-4,13,18H,5-12H2,1H3,(H,19,20,23). The van der Waals surface area contributed by atoms with Gasteiger partial charge in [0.25, 0.3) is 0 Å². The Balaban J connectivity index is 1.52. The molecule has 0 aliphatic carbocycles. The molecule has 6 heteroatoms. The third-order valence-corrected chi connectivity index (χ3v) is 4.39. The predicted molar refractivity (Wildman–Crippen MR) is 92.8 cm³/mol. The summed E-state index contributed by atoms with van der Waals surface area (Å²) < 4.78 is 0. The second-order valence-corrected chi connectivity index (χ2v) is 6.24. The Morgan fingerprint density at radius 3 is 2.78 bits per heavy atom. The minimum absolute atomic E-state index is 0.0169. The largest absolute Gasteiger partial charge is 0.368 e. The Hall–Kier alpha value is -1.92. The molecule has 0 spiro atoms. The molecule has 0 saturated carbocycles. The lowest BCUT2D eigenvalue weighted by atomic mass is 10.1. The maximum absolute atomic E-state index is 12.1. The Bertz CT molecular complexity index is 563. The van der Waals surface area contributed by atoms with Crippen LogP contribution in [-0.2, 0) is 4.79 Å². The van der Waals surface area contributed by atoms with Crippen LogP contribution in [0.3, 0.4) is 0 Å². The number of nitrogens with one attached hydrogen (secondary N) is 2. The van der Waals surface area contributed by atoms with E-state index in [1.54, 1.807) is 0 Å². The van der Waals surface area contributed by atoms with Crippen LogP contribution in [0.25, 0.3) is 0 Å². The molecule has 0 aromatic carbocycles. The van der Waals surface area contributed by atoms with Crippen LogP contribution in [0, 0.1) is 0 Å². The summed E-state index contributed by atoms with van der Waals surface area (Å²) in [6.45, 7) is 5.95. The SMILES string of the molecule is CN1CC=C(CC(=O)Nc2ccc(N3CCNCC3)cn2)CC1. The second-order valence-electron chi connectivity index (χ2n) is 6.24. The van der Waals surface area contributed by atoms with Gasteiger partial charge in [0.1, 0.15) is 5.82 Å². The number of amides is 1. The molecule has 2 N–H and O–H groups in total. The zero-order chi connectivity index (χ0) is 16.1. The lowest BCUT2D eigenvalue weighted by molar-refractivity contribution is -0.115. The Labute approximate surface area is 137 Å². The number of carbonyl (C=O) groups is 1. The van der Waals surface area contributed by atoms with Crippen molar-refractivity contribution in [2.75, 3.05) is 56.5 Å². The van der Waals surface area contributed by atoms with E-state index in [4.69, 9.17) is 0 Å². The molecule has 0 atom stereocenters. The second kappa shape index (κ2) is 7.57. The first kappa shape index (κ1) is 16.0. The summed E-state index contributed by atoms with van der Waals surface area (Å²) in [7, 11) is 2.09. The van der Waals surface area contributed by atoms with E-state index in [0.717, 1.165) is 51.4 Å². The summed E-state index contributed by atoms with van der Waals surface area (Å²) in [5.41, 5.74) is 2.33. The minimum Gasteiger partial charge on any atom is -0.368 e. The molecule has 3 rings (SSSR count). The van der Waals surface area contributed by atoms with E-state index >= 15 is 0 Å². The number of aromatic nitrogens is 1. The van der Waals surface area contributed by atoms with Gasteiger partial charge in [-0.3, -0.25) is 4.79 Å². The van der Waals surface area contributed by atoms with Crippen LogP contribution >= 0.6 is 0 Å². The number of carbonyl (C=O) groups excluding carboxylic acids is 1. The number of anilines is 2. The number of likely N-dealkylation sites (N-methyl/N-ethyl adjacent to an activating group) is 1. The highest BCUT2D eigenvalue weighted by Gasteiger charge is 2.13. The highest BCUT2D eigenvalue weighted by atomic mass is 16.1. The highest BCUT2D eigenvalue weighted by Crippen LogP contribution is 2.17. The van der Waals surface area contributed by atoms with Crippen LogP contribution in [-0.4, -0.2) is 62.1 Å². The smallest absolute Gasteiger partial charge is 0.229 e. The number of pyridine rings is 1. The summed E-state index contributed by atoms with van der Waals surface area (Å²) >= 11 is 0. The molecular weight excluding hydrogens is 290 g/mol. The fourth-order valence-electron chi connectivity index (χ4n) is 2.94. The lowest BCUT2D eigenvalue weighted by Crippen LogP contribution is -2.43. The van der Waals surface area contributed by atoms with Crippen molar-refractivity contribution in [2.24, 2.45) is 0 Å². The first-order valence-corrected chi connectivity index (χ1v) is 8.29. The molecule has 124 valence electrons. The number of rotatable bonds is 4. The molecule has 23 heavy (non-hydrogen) atoms. The zero-order valence-electron chi connectivity index (χ0n) is 13.7. The lowest BCUT2D eigenvalue weighted by Gasteiger charge is -2.29. The average molecular weight is 315 g/mol. The normalized spacial score (nSPS) is 19.3. The number of hydrogen-bond donors (Lipinski definition) is 2. The monoisotopic (exact) mass is 315 g/mol. The molecule has 2 aliphatic rings. The van der Waals surface area contributed by atoms with E-state index in [1.165, 1.54) is 5.57 Å². The van der Waals surface area contributed by atoms with E-state index in [2.05, 4.69) is 38.5 Å². The molecule has 1 aromatic rings. The van der Waals surface area contributed by atoms with Crippen molar-refractivity contribution in [3.63, 3.8) is 0 Å². The van der Waals surface area contributed by atoms with Gasteiger partial charge in [-0.1, -0.05) is 11.6 Å². The summed E-state index contributed by atoms with van der Waals surface area (Å²) in [4.78, 5) is 21.1. The molecule has 6 nitrogen and oxygen atoms in total. The number of nitrogens with zero attached hydrogens (tertiary/aromatic N) is 3. The predicted octanol–water partition coefficient (Wildman–Crippen LogP) is 1.08. The Kier molecular flexibility index (Phi) is 5.25. The average Bonchev–Trinajstić information content (AvgIpc) is 2.58. The molecular formula is C17H25N5O. The molecule has 3 heterocycles. The van der Waals surface area contributed by atoms with Crippen molar-refractivity contribution in [1.82, 2.24) is 15.2 Å². The molecule has 1 amide bonds. The van der Waals surface area contributed by atoms with Gasteiger partial charge in [-0.2, -0.15) is 0 Å². The van der Waals surface area contributed by atoms with Crippen LogP contribution in [0.4, 0.5) is 11.5 Å². The van der Waals surface area contributed by atoms with Gasteiger partial charge in [-0.05, 0) is 25.6 Å². The van der Waals surface area contributed by atoms with Gasteiger partial charge in [-0.25, -0.2) is 4.98 Å². The summed E-state index contributed by atoms with van der Waals surface area (Å²) in [5.74, 6) is 0.644. The van der Waals surface area contributed by atoms with Gasteiger partial charge in [0, 0.05) is 45.7 Å². The van der Waals surface area contributed by atoms with E-state index in [-0.39, 0.29) is 5.91 Å². The van der Waals surface area contributed by atoms with Gasteiger partial charge in [0.15, 0.2) is 0 Å². The van der Waals surface area contributed by atoms with Crippen LogP contribution < -0.4 is 15.5 Å². The van der Waals surface area contributed by atoms with E-state index in [9.17, 15) is 4.79 Å². The van der Waals surface area contributed by atoms with Gasteiger partial charge < -0.3 is 20.4 Å². The van der Waals surface area contributed by atoms with Crippen molar-refractivity contribution >= 4 is 17.4 Å². The van der Waals surface area contributed by atoms with Gasteiger partial charge in [-0.15, -0.1) is 0 Å². The Morgan fingerprint density at radius 2 is 2.13 bits per heavy atom. The quantitative estimate of drug-likeness (QED) is 0.814. The van der Waals surface area contributed by atoms with Crippen molar-refractivity contribution < 1.29 is 4.79 Å². The number of piperazine rings is 1. The van der Waals surface area contributed by atoms with Crippen LogP contribution in [0.2, 0.25) is 0 Å². The molecule has 2 aliphatic heterocycles. The van der Waals surface area contributed by atoms with Crippen molar-refractivity contribution in [2.45, 2.75) is 12.8 Å². The van der Waals surface area contributed by atoms with Crippen molar-refractivity contribution in [1.29, 1.82) is 0 Å². The molecule has 0 unspecified atom stereocenters. The van der Waals surface area contributed by atoms with Gasteiger partial charge >= 0.3 is 0 Å². The first-order chi connectivity index (χ1) is 11.2. The fourth-order valence-corrected chi connectivity index (χ4v) is 2.94. The molecule has 1 saturated heterocycles. The van der Waals surface area contributed by atoms with Gasteiger partial charge in [0.05, 0.1) is 11.9 Å². The summed E-state index contributed by atoms with van der Waals surface area (Å²) in [6, 6.07) is 3.92. The molecule has 1 aromatic heterocycles. The maximum Gasteiger partial charge on any atom is 0.229 e. The molecule has 0 bridgehead atoms. The Morgan fingerprint density at radius 1 is 1.30 bits per heavy atom. The summed E-state index contributed by atoms with van der Waals surface area (Å²) in [6.07, 6.45) is 5.44. The fraction of sp³-hybridized carbons (Fsp3) is 0.529. The van der Waals surface area contributed by atoms with Gasteiger partial charge in [0.2, 0.25) is 5.91 Å². The third-order valence-electron chi connectivity index (χ3n) is 4.39. The summed E-state index contributed by atoms with van der Waals surface area (Å²) in [5, 5.41) is 6.23. The van der Waals surface area contributed by atoms with Crippen LogP contribution in [0.1, 0.15) is 12.8 Å². The van der Waals surface area contributed by atoms with Crippen molar-refractivity contribution in [3.8, 4) is 0 Å². The van der Waals surface area contributed by atoms with Crippen LogP contribution in [0.5, 0.6) is 0 Å². The van der Waals surface area contributed by atoms with E-state index < -0.39 is 0 Å².